The smallest absolute Gasteiger partial charge is 0.227 e. The molecule has 7 aromatic carbocycles. The molecule has 0 saturated carbocycles. The van der Waals surface area contributed by atoms with E-state index < -0.39 is 0 Å². The van der Waals surface area contributed by atoms with Gasteiger partial charge in [-0.15, -0.1) is 11.3 Å². The fraction of sp³-hybridized carbons (Fsp3) is 0. The van der Waals surface area contributed by atoms with E-state index in [-0.39, 0.29) is 0 Å². The molecule has 0 fully saturated rings. The van der Waals surface area contributed by atoms with E-state index in [2.05, 4.69) is 66.7 Å². The molecule has 10 rings (SSSR count). The Labute approximate surface area is 291 Å². The van der Waals surface area contributed by atoms with E-state index >= 15 is 0 Å². The van der Waals surface area contributed by atoms with Gasteiger partial charge < -0.3 is 4.42 Å². The van der Waals surface area contributed by atoms with Crippen molar-refractivity contribution in [1.29, 1.82) is 0 Å². The maximum Gasteiger partial charge on any atom is 0.227 e. The van der Waals surface area contributed by atoms with E-state index in [1.54, 1.807) is 11.3 Å². The molecule has 0 bridgehead atoms. The molecule has 0 unspecified atom stereocenters. The van der Waals surface area contributed by atoms with E-state index in [1.165, 1.54) is 20.3 Å². The number of rotatable bonds is 5. The van der Waals surface area contributed by atoms with Gasteiger partial charge in [0.1, 0.15) is 5.52 Å². The summed E-state index contributed by atoms with van der Waals surface area (Å²) >= 11 is 1.79. The normalized spacial score (nSPS) is 11.6. The van der Waals surface area contributed by atoms with Gasteiger partial charge in [0.15, 0.2) is 23.1 Å². The van der Waals surface area contributed by atoms with Gasteiger partial charge in [0, 0.05) is 42.4 Å². The van der Waals surface area contributed by atoms with Crippen LogP contribution in [0.1, 0.15) is 0 Å². The monoisotopic (exact) mass is 658 g/mol. The van der Waals surface area contributed by atoms with Crippen LogP contribution in [0.25, 0.3) is 98.8 Å². The van der Waals surface area contributed by atoms with Gasteiger partial charge >= 0.3 is 0 Å². The van der Waals surface area contributed by atoms with Crippen LogP contribution in [-0.2, 0) is 0 Å². The minimum absolute atomic E-state index is 0.633. The van der Waals surface area contributed by atoms with Gasteiger partial charge in [0.25, 0.3) is 0 Å². The summed E-state index contributed by atoms with van der Waals surface area (Å²) in [5.74, 6) is 2.56. The van der Waals surface area contributed by atoms with Gasteiger partial charge in [-0.05, 0) is 58.3 Å². The zero-order valence-electron chi connectivity index (χ0n) is 26.6. The van der Waals surface area contributed by atoms with Crippen molar-refractivity contribution in [3.63, 3.8) is 0 Å². The average Bonchev–Trinajstić information content (AvgIpc) is 3.78. The minimum atomic E-state index is 0.633. The van der Waals surface area contributed by atoms with E-state index in [0.29, 0.717) is 23.4 Å². The van der Waals surface area contributed by atoms with Crippen molar-refractivity contribution in [2.24, 2.45) is 0 Å². The molecular weight excluding hydrogens is 633 g/mol. The molecule has 0 amide bonds. The molecule has 234 valence electrons. The number of aromatic nitrogens is 4. The SMILES string of the molecule is c1ccc(-c2nc(-c3ccccc3)nc(-c3ccc(-c4cccc5sc6cc7nc(-c8ccccc8)oc7cc6c45)c4ccccc34)n2)cc1. The first-order chi connectivity index (χ1) is 24.8. The van der Waals surface area contributed by atoms with Crippen LogP contribution in [0, 0.1) is 0 Å². The summed E-state index contributed by atoms with van der Waals surface area (Å²) in [6.45, 7) is 0. The standard InChI is InChI=1S/C44H26N4OS/c1-4-13-27(14-5-1)41-46-42(28-15-6-2-7-16-28)48-43(47-41)34-24-23-32(30-19-10-11-20-31(30)34)33-21-12-22-38-40(33)35-25-37-36(26-39(35)50-38)45-44(49-37)29-17-8-3-9-18-29/h1-26H. The maximum atomic E-state index is 6.32. The second-order valence-electron chi connectivity index (χ2n) is 12.2. The van der Waals surface area contributed by atoms with Crippen LogP contribution in [0.15, 0.2) is 162 Å². The highest BCUT2D eigenvalue weighted by Crippen LogP contribution is 2.44. The molecule has 0 aliphatic carbocycles. The topological polar surface area (TPSA) is 64.7 Å². The first-order valence-corrected chi connectivity index (χ1v) is 17.3. The predicted molar refractivity (Wildman–Crippen MR) is 205 cm³/mol. The maximum absolute atomic E-state index is 6.32. The molecule has 5 nitrogen and oxygen atoms in total. The first-order valence-electron chi connectivity index (χ1n) is 16.5. The lowest BCUT2D eigenvalue weighted by molar-refractivity contribution is 0.620. The van der Waals surface area contributed by atoms with Crippen LogP contribution in [0.3, 0.4) is 0 Å². The highest BCUT2D eigenvalue weighted by atomic mass is 32.1. The van der Waals surface area contributed by atoms with Crippen LogP contribution >= 0.6 is 11.3 Å². The largest absolute Gasteiger partial charge is 0.436 e. The fourth-order valence-corrected chi connectivity index (χ4v) is 7.98. The zero-order chi connectivity index (χ0) is 33.0. The Hall–Kier alpha value is -6.50. The molecular formula is C44H26N4OS. The Kier molecular flexibility index (Phi) is 6.60. The van der Waals surface area contributed by atoms with Crippen LogP contribution in [-0.4, -0.2) is 19.9 Å². The van der Waals surface area contributed by atoms with Gasteiger partial charge in [-0.2, -0.15) is 0 Å². The van der Waals surface area contributed by atoms with Gasteiger partial charge in [-0.1, -0.05) is 121 Å². The number of thiophene rings is 1. The van der Waals surface area contributed by atoms with Gasteiger partial charge in [0.05, 0.1) is 0 Å². The molecule has 0 radical (unpaired) electrons. The van der Waals surface area contributed by atoms with E-state index in [1.807, 2.05) is 91.0 Å². The third-order valence-corrected chi connectivity index (χ3v) is 10.3. The van der Waals surface area contributed by atoms with E-state index in [9.17, 15) is 0 Å². The Bertz CT molecular complexity index is 2810. The van der Waals surface area contributed by atoms with Crippen molar-refractivity contribution in [2.45, 2.75) is 0 Å². The summed E-state index contributed by atoms with van der Waals surface area (Å²) in [4.78, 5) is 19.8. The lowest BCUT2D eigenvalue weighted by Gasteiger charge is -2.14. The molecule has 3 heterocycles. The molecule has 0 N–H and O–H groups in total. The fourth-order valence-electron chi connectivity index (χ4n) is 6.83. The number of hydrogen-bond donors (Lipinski definition) is 0. The minimum Gasteiger partial charge on any atom is -0.436 e. The lowest BCUT2D eigenvalue weighted by Crippen LogP contribution is -2.00. The highest BCUT2D eigenvalue weighted by molar-refractivity contribution is 7.26. The van der Waals surface area contributed by atoms with Gasteiger partial charge in [0.2, 0.25) is 5.89 Å². The summed E-state index contributed by atoms with van der Waals surface area (Å²) in [5.41, 5.74) is 7.78. The van der Waals surface area contributed by atoms with Crippen molar-refractivity contribution in [2.75, 3.05) is 0 Å². The quantitative estimate of drug-likeness (QED) is 0.184. The third-order valence-electron chi connectivity index (χ3n) is 9.18. The summed E-state index contributed by atoms with van der Waals surface area (Å²) in [6.07, 6.45) is 0. The van der Waals surface area contributed by atoms with Gasteiger partial charge in [-0.25, -0.2) is 19.9 Å². The van der Waals surface area contributed by atoms with Crippen LogP contribution in [0.5, 0.6) is 0 Å². The Balaban J connectivity index is 1.16. The second-order valence-corrected chi connectivity index (χ2v) is 13.3. The molecule has 10 aromatic rings. The molecule has 3 aromatic heterocycles. The number of oxazole rings is 1. The average molecular weight is 659 g/mol. The molecule has 50 heavy (non-hydrogen) atoms. The van der Waals surface area contributed by atoms with Crippen LogP contribution in [0.4, 0.5) is 0 Å². The Morgan fingerprint density at radius 1 is 0.400 bits per heavy atom. The molecule has 0 aliphatic heterocycles. The number of hydrogen-bond acceptors (Lipinski definition) is 6. The van der Waals surface area contributed by atoms with Crippen LogP contribution < -0.4 is 0 Å². The number of fused-ring (bicyclic) bond motifs is 5. The summed E-state index contributed by atoms with van der Waals surface area (Å²) in [5, 5.41) is 4.58. The van der Waals surface area contributed by atoms with Crippen molar-refractivity contribution in [1.82, 2.24) is 19.9 Å². The summed E-state index contributed by atoms with van der Waals surface area (Å²) in [7, 11) is 0. The van der Waals surface area contributed by atoms with Crippen LogP contribution in [0.2, 0.25) is 0 Å². The van der Waals surface area contributed by atoms with Crippen molar-refractivity contribution < 1.29 is 4.42 Å². The predicted octanol–water partition coefficient (Wildman–Crippen LogP) is 11.9. The molecule has 0 aliphatic rings. The third kappa shape index (κ3) is 4.77. The van der Waals surface area contributed by atoms with Crippen molar-refractivity contribution in [3.05, 3.63) is 158 Å². The van der Waals surface area contributed by atoms with E-state index in [0.717, 1.165) is 55.1 Å². The lowest BCUT2D eigenvalue weighted by atomic mass is 9.92. The van der Waals surface area contributed by atoms with E-state index in [4.69, 9.17) is 24.4 Å². The first kappa shape index (κ1) is 28.5. The Morgan fingerprint density at radius 3 is 1.66 bits per heavy atom. The van der Waals surface area contributed by atoms with Gasteiger partial charge in [-0.3, -0.25) is 0 Å². The highest BCUT2D eigenvalue weighted by Gasteiger charge is 2.19. The Morgan fingerprint density at radius 2 is 0.980 bits per heavy atom. The summed E-state index contributed by atoms with van der Waals surface area (Å²) in [6, 6.07) is 54.0. The van der Waals surface area contributed by atoms with Crippen molar-refractivity contribution >= 4 is 53.4 Å². The number of benzene rings is 7. The zero-order valence-corrected chi connectivity index (χ0v) is 27.4. The number of nitrogens with zero attached hydrogens (tertiary/aromatic N) is 4. The van der Waals surface area contributed by atoms with Crippen molar-refractivity contribution in [3.8, 4) is 56.7 Å². The molecule has 0 atom stereocenters. The molecule has 6 heteroatoms. The molecule has 0 saturated heterocycles. The molecule has 0 spiro atoms. The second kappa shape index (κ2) is 11.6. The summed E-state index contributed by atoms with van der Waals surface area (Å²) < 4.78 is 8.72.